The maximum Gasteiger partial charge on any atom is 0.317 e. The molecule has 2 amide bonds. The van der Waals surface area contributed by atoms with E-state index in [1.54, 1.807) is 4.90 Å². The number of sulfone groups is 1. The molecule has 22 heavy (non-hydrogen) atoms. The maximum atomic E-state index is 12.1. The van der Waals surface area contributed by atoms with E-state index in [1.807, 2.05) is 6.92 Å². The Labute approximate surface area is 135 Å². The summed E-state index contributed by atoms with van der Waals surface area (Å²) in [6.07, 6.45) is 2.94. The summed E-state index contributed by atoms with van der Waals surface area (Å²) in [5, 5.41) is 3.15. The molecule has 1 aromatic carbocycles. The molecule has 120 valence electrons. The van der Waals surface area contributed by atoms with Crippen molar-refractivity contribution in [2.45, 2.75) is 18.2 Å². The average molecular weight is 343 g/mol. The number of amides is 2. The first-order valence-corrected chi connectivity index (χ1v) is 9.08. The molecular weight excluding hydrogens is 324 g/mol. The van der Waals surface area contributed by atoms with Crippen molar-refractivity contribution in [3.8, 4) is 0 Å². The number of nitrogens with one attached hydrogen (secondary N) is 1. The SMILES string of the molecule is CC1=CCCN(C(=O)NCCS(=O)(=O)c2ccc(Cl)cc2)C1. The Morgan fingerprint density at radius 1 is 1.32 bits per heavy atom. The third-order valence-electron chi connectivity index (χ3n) is 3.44. The van der Waals surface area contributed by atoms with E-state index < -0.39 is 9.84 Å². The van der Waals surface area contributed by atoms with Crippen molar-refractivity contribution in [2.24, 2.45) is 0 Å². The number of hydrogen-bond donors (Lipinski definition) is 1. The first kappa shape index (κ1) is 16.8. The second-order valence-corrected chi connectivity index (χ2v) is 7.81. The van der Waals surface area contributed by atoms with Crippen molar-refractivity contribution < 1.29 is 13.2 Å². The highest BCUT2D eigenvalue weighted by molar-refractivity contribution is 7.91. The highest BCUT2D eigenvalue weighted by Crippen LogP contribution is 2.15. The fourth-order valence-corrected chi connectivity index (χ4v) is 3.53. The minimum absolute atomic E-state index is 0.0864. The number of benzene rings is 1. The van der Waals surface area contributed by atoms with Gasteiger partial charge in [-0.3, -0.25) is 0 Å². The average Bonchev–Trinajstić information content (AvgIpc) is 2.47. The summed E-state index contributed by atoms with van der Waals surface area (Å²) >= 11 is 5.74. The number of urea groups is 1. The number of nitrogens with zero attached hydrogens (tertiary/aromatic N) is 1. The Morgan fingerprint density at radius 2 is 2.00 bits per heavy atom. The van der Waals surface area contributed by atoms with Crippen LogP contribution in [0.4, 0.5) is 4.79 Å². The van der Waals surface area contributed by atoms with Crippen LogP contribution >= 0.6 is 11.6 Å². The van der Waals surface area contributed by atoms with Gasteiger partial charge in [0.1, 0.15) is 0 Å². The zero-order valence-electron chi connectivity index (χ0n) is 12.4. The summed E-state index contributed by atoms with van der Waals surface area (Å²) in [7, 11) is -3.42. The van der Waals surface area contributed by atoms with E-state index in [0.717, 1.165) is 12.0 Å². The quantitative estimate of drug-likeness (QED) is 0.855. The molecule has 1 aliphatic heterocycles. The van der Waals surface area contributed by atoms with E-state index in [9.17, 15) is 13.2 Å². The molecule has 2 rings (SSSR count). The van der Waals surface area contributed by atoms with Crippen molar-refractivity contribution in [2.75, 3.05) is 25.4 Å². The molecule has 0 aromatic heterocycles. The summed E-state index contributed by atoms with van der Waals surface area (Å²) in [6.45, 7) is 3.32. The third-order valence-corrected chi connectivity index (χ3v) is 5.42. The molecule has 0 bridgehead atoms. The normalized spacial score (nSPS) is 15.4. The molecule has 7 heteroatoms. The van der Waals surface area contributed by atoms with E-state index in [-0.39, 0.29) is 23.2 Å². The number of carbonyl (C=O) groups is 1. The number of rotatable bonds is 4. The van der Waals surface area contributed by atoms with Gasteiger partial charge in [0.2, 0.25) is 0 Å². The van der Waals surface area contributed by atoms with Crippen LogP contribution in [0.5, 0.6) is 0 Å². The molecule has 0 atom stereocenters. The molecule has 1 N–H and O–H groups in total. The fraction of sp³-hybridized carbons (Fsp3) is 0.400. The molecule has 0 aliphatic carbocycles. The lowest BCUT2D eigenvalue weighted by Crippen LogP contribution is -2.43. The first-order valence-electron chi connectivity index (χ1n) is 7.05. The molecule has 0 spiro atoms. The molecule has 0 radical (unpaired) electrons. The van der Waals surface area contributed by atoms with Gasteiger partial charge in [0.25, 0.3) is 0 Å². The first-order chi connectivity index (χ1) is 10.4. The van der Waals surface area contributed by atoms with Gasteiger partial charge in [-0.05, 0) is 37.6 Å². The van der Waals surface area contributed by atoms with Crippen molar-refractivity contribution in [3.63, 3.8) is 0 Å². The van der Waals surface area contributed by atoms with Crippen LogP contribution < -0.4 is 5.32 Å². The Morgan fingerprint density at radius 3 is 2.64 bits per heavy atom. The van der Waals surface area contributed by atoms with Crippen LogP contribution in [0.2, 0.25) is 5.02 Å². The minimum atomic E-state index is -3.42. The van der Waals surface area contributed by atoms with Crippen LogP contribution in [0, 0.1) is 0 Å². The van der Waals surface area contributed by atoms with Crippen LogP contribution in [-0.4, -0.2) is 44.7 Å². The van der Waals surface area contributed by atoms with E-state index in [0.29, 0.717) is 18.1 Å². The molecule has 0 saturated carbocycles. The molecule has 1 aromatic rings. The van der Waals surface area contributed by atoms with E-state index in [1.165, 1.54) is 24.3 Å². The lowest BCUT2D eigenvalue weighted by molar-refractivity contribution is 0.201. The molecule has 0 fully saturated rings. The Balaban J connectivity index is 1.86. The number of halogens is 1. The molecule has 0 unspecified atom stereocenters. The van der Waals surface area contributed by atoms with Crippen LogP contribution in [0.15, 0.2) is 40.8 Å². The number of carbonyl (C=O) groups excluding carboxylic acids is 1. The second-order valence-electron chi connectivity index (χ2n) is 5.27. The lowest BCUT2D eigenvalue weighted by Gasteiger charge is -2.26. The summed E-state index contributed by atoms with van der Waals surface area (Å²) in [5.74, 6) is -0.136. The highest BCUT2D eigenvalue weighted by Gasteiger charge is 2.18. The highest BCUT2D eigenvalue weighted by atomic mass is 35.5. The standard InChI is InChI=1S/C15H19ClN2O3S/c1-12-3-2-9-18(11-12)15(19)17-8-10-22(20,21)14-6-4-13(16)5-7-14/h3-7H,2,8-11H2,1H3,(H,17,19). The van der Waals surface area contributed by atoms with Crippen LogP contribution in [0.1, 0.15) is 13.3 Å². The predicted molar refractivity (Wildman–Crippen MR) is 86.9 cm³/mol. The molecule has 0 saturated heterocycles. The third kappa shape index (κ3) is 4.48. The molecular formula is C15H19ClN2O3S. The second kappa shape index (κ2) is 7.15. The van der Waals surface area contributed by atoms with Crippen LogP contribution in [0.25, 0.3) is 0 Å². The van der Waals surface area contributed by atoms with E-state index in [4.69, 9.17) is 11.6 Å². The van der Waals surface area contributed by atoms with Gasteiger partial charge in [0.05, 0.1) is 10.6 Å². The number of hydrogen-bond acceptors (Lipinski definition) is 3. The van der Waals surface area contributed by atoms with Gasteiger partial charge in [-0.15, -0.1) is 0 Å². The fourth-order valence-electron chi connectivity index (χ4n) is 2.25. The topological polar surface area (TPSA) is 66.5 Å². The predicted octanol–water partition coefficient (Wildman–Crippen LogP) is 2.48. The largest absolute Gasteiger partial charge is 0.337 e. The summed E-state index contributed by atoms with van der Waals surface area (Å²) in [5.41, 5.74) is 1.15. The molecule has 1 heterocycles. The monoisotopic (exact) mass is 342 g/mol. The van der Waals surface area contributed by atoms with Gasteiger partial charge in [-0.2, -0.15) is 0 Å². The van der Waals surface area contributed by atoms with Gasteiger partial charge in [0, 0.05) is 24.7 Å². The van der Waals surface area contributed by atoms with E-state index in [2.05, 4.69) is 11.4 Å². The van der Waals surface area contributed by atoms with Gasteiger partial charge in [-0.25, -0.2) is 13.2 Å². The maximum absolute atomic E-state index is 12.1. The van der Waals surface area contributed by atoms with E-state index >= 15 is 0 Å². The van der Waals surface area contributed by atoms with Crippen molar-refractivity contribution in [3.05, 3.63) is 40.9 Å². The Kier molecular flexibility index (Phi) is 5.47. The summed E-state index contributed by atoms with van der Waals surface area (Å²) in [6, 6.07) is 5.79. The molecule has 1 aliphatic rings. The van der Waals surface area contributed by atoms with Crippen molar-refractivity contribution in [1.82, 2.24) is 10.2 Å². The minimum Gasteiger partial charge on any atom is -0.337 e. The van der Waals surface area contributed by atoms with Gasteiger partial charge in [-0.1, -0.05) is 23.3 Å². The van der Waals surface area contributed by atoms with Crippen LogP contribution in [0.3, 0.4) is 0 Å². The van der Waals surface area contributed by atoms with Crippen molar-refractivity contribution >= 4 is 27.5 Å². The zero-order chi connectivity index (χ0) is 16.2. The summed E-state index contributed by atoms with van der Waals surface area (Å²) < 4.78 is 24.3. The summed E-state index contributed by atoms with van der Waals surface area (Å²) in [4.78, 5) is 13.9. The Bertz CT molecular complexity index is 669. The zero-order valence-corrected chi connectivity index (χ0v) is 14.0. The van der Waals surface area contributed by atoms with Crippen molar-refractivity contribution in [1.29, 1.82) is 0 Å². The smallest absolute Gasteiger partial charge is 0.317 e. The van der Waals surface area contributed by atoms with Gasteiger partial charge >= 0.3 is 6.03 Å². The van der Waals surface area contributed by atoms with Gasteiger partial charge in [0.15, 0.2) is 9.84 Å². The van der Waals surface area contributed by atoms with Crippen LogP contribution in [-0.2, 0) is 9.84 Å². The lowest BCUT2D eigenvalue weighted by atomic mass is 10.1. The van der Waals surface area contributed by atoms with Gasteiger partial charge < -0.3 is 10.2 Å². The molecule has 5 nitrogen and oxygen atoms in total. The Hall–Kier alpha value is -1.53.